The van der Waals surface area contributed by atoms with Gasteiger partial charge in [-0.25, -0.2) is 4.98 Å². The third-order valence-corrected chi connectivity index (χ3v) is 3.83. The van der Waals surface area contributed by atoms with E-state index < -0.39 is 0 Å². The Bertz CT molecular complexity index is 416. The maximum absolute atomic E-state index is 11.3. The van der Waals surface area contributed by atoms with Gasteiger partial charge in [0.1, 0.15) is 0 Å². The van der Waals surface area contributed by atoms with Crippen LogP contribution in [0.5, 0.6) is 0 Å². The minimum atomic E-state index is -0.223. The maximum atomic E-state index is 11.3. The van der Waals surface area contributed by atoms with E-state index in [4.69, 9.17) is 9.47 Å². The molecule has 1 aromatic rings. The van der Waals surface area contributed by atoms with E-state index in [0.717, 1.165) is 30.3 Å². The van der Waals surface area contributed by atoms with Crippen LogP contribution in [-0.4, -0.2) is 36.3 Å². The second kappa shape index (κ2) is 6.86. The van der Waals surface area contributed by atoms with Crippen molar-refractivity contribution in [2.24, 2.45) is 0 Å². The molecule has 1 heterocycles. The van der Waals surface area contributed by atoms with Crippen molar-refractivity contribution in [3.63, 3.8) is 0 Å². The lowest BCUT2D eigenvalue weighted by Gasteiger charge is -2.35. The molecule has 5 nitrogen and oxygen atoms in total. The minimum Gasteiger partial charge on any atom is -0.466 e. The van der Waals surface area contributed by atoms with Crippen molar-refractivity contribution in [2.75, 3.05) is 18.5 Å². The zero-order chi connectivity index (χ0) is 13.7. The summed E-state index contributed by atoms with van der Waals surface area (Å²) in [6, 6.07) is 0.443. The highest BCUT2D eigenvalue weighted by molar-refractivity contribution is 7.13. The van der Waals surface area contributed by atoms with Crippen LogP contribution < -0.4 is 5.32 Å². The Labute approximate surface area is 117 Å². The molecule has 1 aliphatic carbocycles. The molecule has 1 saturated carbocycles. The molecule has 0 atom stereocenters. The highest BCUT2D eigenvalue weighted by Crippen LogP contribution is 2.28. The van der Waals surface area contributed by atoms with Crippen molar-refractivity contribution >= 4 is 22.4 Å². The van der Waals surface area contributed by atoms with Gasteiger partial charge in [0, 0.05) is 18.0 Å². The highest BCUT2D eigenvalue weighted by atomic mass is 32.1. The lowest BCUT2D eigenvalue weighted by Crippen LogP contribution is -2.40. The van der Waals surface area contributed by atoms with Crippen LogP contribution in [0.2, 0.25) is 0 Å². The number of esters is 1. The fourth-order valence-electron chi connectivity index (χ4n) is 2.04. The number of rotatable bonds is 7. The zero-order valence-corrected chi connectivity index (χ0v) is 12.2. The SMILES string of the molecule is CCOC(=O)Cc1csc(NC2CC(OCC)C2)n1. The monoisotopic (exact) mass is 284 g/mol. The van der Waals surface area contributed by atoms with Gasteiger partial charge in [-0.3, -0.25) is 4.79 Å². The van der Waals surface area contributed by atoms with E-state index >= 15 is 0 Å². The van der Waals surface area contributed by atoms with E-state index in [1.165, 1.54) is 11.3 Å². The Morgan fingerprint density at radius 2 is 2.26 bits per heavy atom. The molecule has 0 bridgehead atoms. The number of thiazole rings is 1. The third-order valence-electron chi connectivity index (χ3n) is 3.01. The normalized spacial score (nSPS) is 21.8. The molecule has 2 rings (SSSR count). The number of carbonyl (C=O) groups excluding carboxylic acids is 1. The van der Waals surface area contributed by atoms with Gasteiger partial charge in [0.05, 0.1) is 24.8 Å². The molecule has 1 aliphatic rings. The number of carbonyl (C=O) groups is 1. The Hall–Kier alpha value is -1.14. The van der Waals surface area contributed by atoms with Crippen LogP contribution in [0.15, 0.2) is 5.38 Å². The molecule has 0 aromatic carbocycles. The summed E-state index contributed by atoms with van der Waals surface area (Å²) in [6.45, 7) is 5.01. The van der Waals surface area contributed by atoms with Gasteiger partial charge in [-0.1, -0.05) is 0 Å². The number of nitrogens with one attached hydrogen (secondary N) is 1. The van der Waals surface area contributed by atoms with Crippen LogP contribution in [0, 0.1) is 0 Å². The van der Waals surface area contributed by atoms with Crippen molar-refractivity contribution in [1.82, 2.24) is 4.98 Å². The number of aromatic nitrogens is 1. The number of nitrogens with zero attached hydrogens (tertiary/aromatic N) is 1. The molecular weight excluding hydrogens is 264 g/mol. The van der Waals surface area contributed by atoms with Crippen molar-refractivity contribution < 1.29 is 14.3 Å². The molecule has 0 saturated heterocycles. The highest BCUT2D eigenvalue weighted by Gasteiger charge is 2.29. The van der Waals surface area contributed by atoms with Crippen LogP contribution in [0.4, 0.5) is 5.13 Å². The lowest BCUT2D eigenvalue weighted by molar-refractivity contribution is -0.142. The first kappa shape index (κ1) is 14.3. The fraction of sp³-hybridized carbons (Fsp3) is 0.692. The molecule has 6 heteroatoms. The fourth-order valence-corrected chi connectivity index (χ4v) is 2.83. The predicted molar refractivity (Wildman–Crippen MR) is 74.5 cm³/mol. The summed E-state index contributed by atoms with van der Waals surface area (Å²) in [6.07, 6.45) is 2.70. The average Bonchev–Trinajstić information content (AvgIpc) is 2.74. The van der Waals surface area contributed by atoms with E-state index in [0.29, 0.717) is 18.8 Å². The Morgan fingerprint density at radius 1 is 1.47 bits per heavy atom. The standard InChI is InChI=1S/C13H20N2O3S/c1-3-17-11-5-9(6-11)14-13-15-10(8-19-13)7-12(16)18-4-2/h8-9,11H,3-7H2,1-2H3,(H,14,15). The minimum absolute atomic E-state index is 0.223. The molecule has 1 N–H and O–H groups in total. The van der Waals surface area contributed by atoms with Gasteiger partial charge < -0.3 is 14.8 Å². The number of anilines is 1. The second-order valence-electron chi connectivity index (χ2n) is 4.52. The summed E-state index contributed by atoms with van der Waals surface area (Å²) >= 11 is 1.53. The molecule has 0 spiro atoms. The first-order valence-corrected chi connectivity index (χ1v) is 7.57. The van der Waals surface area contributed by atoms with Gasteiger partial charge in [-0.15, -0.1) is 11.3 Å². The number of ether oxygens (including phenoxy) is 2. The quantitative estimate of drug-likeness (QED) is 0.778. The van der Waals surface area contributed by atoms with Crippen molar-refractivity contribution in [1.29, 1.82) is 0 Å². The first-order valence-electron chi connectivity index (χ1n) is 6.69. The molecular formula is C13H20N2O3S. The van der Waals surface area contributed by atoms with E-state index in [2.05, 4.69) is 10.3 Å². The maximum Gasteiger partial charge on any atom is 0.311 e. The predicted octanol–water partition coefficient (Wildman–Crippen LogP) is 2.23. The summed E-state index contributed by atoms with van der Waals surface area (Å²) in [5.74, 6) is -0.223. The van der Waals surface area contributed by atoms with Gasteiger partial charge in [-0.2, -0.15) is 0 Å². The molecule has 0 aliphatic heterocycles. The van der Waals surface area contributed by atoms with Crippen LogP contribution in [-0.2, 0) is 20.7 Å². The van der Waals surface area contributed by atoms with Crippen LogP contribution in [0.3, 0.4) is 0 Å². The second-order valence-corrected chi connectivity index (χ2v) is 5.37. The van der Waals surface area contributed by atoms with Crippen LogP contribution in [0.25, 0.3) is 0 Å². The van der Waals surface area contributed by atoms with E-state index in [1.54, 1.807) is 6.92 Å². The number of hydrogen-bond donors (Lipinski definition) is 1. The third kappa shape index (κ3) is 4.18. The van der Waals surface area contributed by atoms with Gasteiger partial charge in [0.25, 0.3) is 0 Å². The summed E-state index contributed by atoms with van der Waals surface area (Å²) in [5, 5.41) is 6.14. The van der Waals surface area contributed by atoms with Crippen LogP contribution >= 0.6 is 11.3 Å². The summed E-state index contributed by atoms with van der Waals surface area (Å²) in [7, 11) is 0. The molecule has 106 valence electrons. The summed E-state index contributed by atoms with van der Waals surface area (Å²) in [5.41, 5.74) is 0.770. The van der Waals surface area contributed by atoms with E-state index in [9.17, 15) is 4.79 Å². The lowest BCUT2D eigenvalue weighted by atomic mass is 9.89. The van der Waals surface area contributed by atoms with Crippen LogP contribution in [0.1, 0.15) is 32.4 Å². The Morgan fingerprint density at radius 3 is 2.95 bits per heavy atom. The smallest absolute Gasteiger partial charge is 0.311 e. The molecule has 0 unspecified atom stereocenters. The topological polar surface area (TPSA) is 60.5 Å². The van der Waals surface area contributed by atoms with Crippen molar-refractivity contribution in [2.45, 2.75) is 45.3 Å². The van der Waals surface area contributed by atoms with Crippen molar-refractivity contribution in [3.05, 3.63) is 11.1 Å². The zero-order valence-electron chi connectivity index (χ0n) is 11.3. The molecule has 19 heavy (non-hydrogen) atoms. The Kier molecular flexibility index (Phi) is 5.15. The van der Waals surface area contributed by atoms with E-state index in [-0.39, 0.29) is 12.4 Å². The summed E-state index contributed by atoms with van der Waals surface area (Å²) < 4.78 is 10.4. The van der Waals surface area contributed by atoms with Gasteiger partial charge in [0.2, 0.25) is 0 Å². The molecule has 0 radical (unpaired) electrons. The van der Waals surface area contributed by atoms with Gasteiger partial charge >= 0.3 is 5.97 Å². The summed E-state index contributed by atoms with van der Waals surface area (Å²) in [4.78, 5) is 15.7. The largest absolute Gasteiger partial charge is 0.466 e. The Balaban J connectivity index is 1.74. The molecule has 0 amide bonds. The first-order chi connectivity index (χ1) is 9.21. The average molecular weight is 284 g/mol. The van der Waals surface area contributed by atoms with Gasteiger partial charge in [-0.05, 0) is 26.7 Å². The van der Waals surface area contributed by atoms with Crippen molar-refractivity contribution in [3.8, 4) is 0 Å². The van der Waals surface area contributed by atoms with Gasteiger partial charge in [0.15, 0.2) is 5.13 Å². The van der Waals surface area contributed by atoms with E-state index in [1.807, 2.05) is 12.3 Å². The number of hydrogen-bond acceptors (Lipinski definition) is 6. The molecule has 1 fully saturated rings. The molecule has 1 aromatic heterocycles.